The quantitative estimate of drug-likeness (QED) is 0.258. The third-order valence-electron chi connectivity index (χ3n) is 5.68. The maximum Gasteiger partial charge on any atom is 0.303 e. The van der Waals surface area contributed by atoms with E-state index in [9.17, 15) is 29.1 Å². The van der Waals surface area contributed by atoms with Crippen LogP contribution < -0.4 is 4.74 Å². The van der Waals surface area contributed by atoms with Gasteiger partial charge in [-0.25, -0.2) is 0 Å². The van der Waals surface area contributed by atoms with Crippen LogP contribution in [-0.4, -0.2) is 72.1 Å². The van der Waals surface area contributed by atoms with Crippen LogP contribution in [0.1, 0.15) is 43.6 Å². The Hall–Kier alpha value is -4.45. The first-order chi connectivity index (χ1) is 18.9. The molecule has 0 spiro atoms. The Morgan fingerprint density at radius 2 is 1.38 bits per heavy atom. The SMILES string of the molecule is CC(=O)OCC1O[C@H](Oc2ccc(C(=O)Cc3ccccc3)c(O)c2)C(OC(C)=O)C(OC(C)=O)[C@@H]1OC(C)=O. The fourth-order valence-corrected chi connectivity index (χ4v) is 4.11. The van der Waals surface area contributed by atoms with Crippen LogP contribution in [0.5, 0.6) is 11.5 Å². The molecule has 0 aromatic heterocycles. The molecule has 214 valence electrons. The van der Waals surface area contributed by atoms with Crippen molar-refractivity contribution in [3.05, 3.63) is 59.7 Å². The Kier molecular flexibility index (Phi) is 10.2. The summed E-state index contributed by atoms with van der Waals surface area (Å²) in [5.74, 6) is -3.69. The van der Waals surface area contributed by atoms with E-state index in [1.165, 1.54) is 18.2 Å². The second-order valence-electron chi connectivity index (χ2n) is 8.95. The van der Waals surface area contributed by atoms with E-state index in [1.807, 2.05) is 6.07 Å². The molecule has 2 aromatic rings. The van der Waals surface area contributed by atoms with Gasteiger partial charge in [-0.05, 0) is 17.7 Å². The lowest BCUT2D eigenvalue weighted by Crippen LogP contribution is -2.63. The molecule has 0 saturated carbocycles. The van der Waals surface area contributed by atoms with Gasteiger partial charge in [-0.2, -0.15) is 0 Å². The molecule has 1 fully saturated rings. The first-order valence-corrected chi connectivity index (χ1v) is 12.3. The van der Waals surface area contributed by atoms with Gasteiger partial charge in [0.05, 0.1) is 5.56 Å². The van der Waals surface area contributed by atoms with Crippen molar-refractivity contribution in [2.75, 3.05) is 6.61 Å². The normalized spacial score (nSPS) is 21.9. The predicted molar refractivity (Wildman–Crippen MR) is 135 cm³/mol. The minimum atomic E-state index is -1.48. The van der Waals surface area contributed by atoms with E-state index in [-0.39, 0.29) is 29.3 Å². The Bertz CT molecular complexity index is 1240. The number of Topliss-reactive ketones (excluding diaryl/α,β-unsaturated/α-hetero) is 1. The van der Waals surface area contributed by atoms with Crippen LogP contribution in [-0.2, 0) is 49.3 Å². The van der Waals surface area contributed by atoms with Crippen LogP contribution >= 0.6 is 0 Å². The molecule has 1 aliphatic heterocycles. The summed E-state index contributed by atoms with van der Waals surface area (Å²) in [6.07, 6.45) is -6.81. The van der Waals surface area contributed by atoms with E-state index in [1.54, 1.807) is 24.3 Å². The largest absolute Gasteiger partial charge is 0.507 e. The summed E-state index contributed by atoms with van der Waals surface area (Å²) < 4.78 is 32.8. The molecule has 12 heteroatoms. The van der Waals surface area contributed by atoms with Crippen LogP contribution in [0.4, 0.5) is 0 Å². The number of hydrogen-bond donors (Lipinski definition) is 1. The molecule has 1 aliphatic rings. The van der Waals surface area contributed by atoms with Gasteiger partial charge in [0.1, 0.15) is 24.2 Å². The number of esters is 4. The van der Waals surface area contributed by atoms with Crippen molar-refractivity contribution in [1.82, 2.24) is 0 Å². The molecule has 0 aliphatic carbocycles. The first-order valence-electron chi connectivity index (χ1n) is 12.3. The molecule has 0 bridgehead atoms. The Morgan fingerprint density at radius 3 is 1.95 bits per heavy atom. The lowest BCUT2D eigenvalue weighted by Gasteiger charge is -2.43. The predicted octanol–water partition coefficient (Wildman–Crippen LogP) is 2.28. The summed E-state index contributed by atoms with van der Waals surface area (Å²) in [5.41, 5.74) is 0.822. The highest BCUT2D eigenvalue weighted by atomic mass is 16.7. The van der Waals surface area contributed by atoms with E-state index in [0.29, 0.717) is 0 Å². The molecule has 1 heterocycles. The van der Waals surface area contributed by atoms with Gasteiger partial charge in [-0.3, -0.25) is 24.0 Å². The second-order valence-corrected chi connectivity index (χ2v) is 8.95. The number of hydrogen-bond acceptors (Lipinski definition) is 12. The highest BCUT2D eigenvalue weighted by molar-refractivity contribution is 6.00. The van der Waals surface area contributed by atoms with Crippen molar-refractivity contribution in [2.45, 2.75) is 64.8 Å². The molecule has 3 rings (SSSR count). The second kappa shape index (κ2) is 13.6. The Balaban J connectivity index is 1.91. The van der Waals surface area contributed by atoms with Crippen molar-refractivity contribution < 1.29 is 57.5 Å². The summed E-state index contributed by atoms with van der Waals surface area (Å²) in [6, 6.07) is 12.9. The zero-order valence-electron chi connectivity index (χ0n) is 22.4. The van der Waals surface area contributed by atoms with Gasteiger partial charge < -0.3 is 33.5 Å². The van der Waals surface area contributed by atoms with E-state index in [2.05, 4.69) is 0 Å². The van der Waals surface area contributed by atoms with Gasteiger partial charge in [0, 0.05) is 40.2 Å². The average Bonchev–Trinajstić information content (AvgIpc) is 2.86. The zero-order valence-corrected chi connectivity index (χ0v) is 22.4. The standard InChI is InChI=1S/C28H30O12/c1-15(29)35-14-24-25(36-16(2)30)26(37-17(3)31)27(38-18(4)32)28(40-24)39-20-10-11-21(23(34)13-20)22(33)12-19-8-6-5-7-9-19/h5-11,13,24-28,34H,12,14H2,1-4H3/t24?,25-,26?,27?,28+/m1/s1. The third kappa shape index (κ3) is 8.27. The van der Waals surface area contributed by atoms with Crippen LogP contribution in [0.3, 0.4) is 0 Å². The van der Waals surface area contributed by atoms with Gasteiger partial charge >= 0.3 is 23.9 Å². The van der Waals surface area contributed by atoms with Gasteiger partial charge in [0.2, 0.25) is 12.4 Å². The van der Waals surface area contributed by atoms with Crippen molar-refractivity contribution in [3.63, 3.8) is 0 Å². The summed E-state index contributed by atoms with van der Waals surface area (Å²) in [7, 11) is 0. The fourth-order valence-electron chi connectivity index (χ4n) is 4.11. The van der Waals surface area contributed by atoms with Crippen LogP contribution in [0.15, 0.2) is 48.5 Å². The van der Waals surface area contributed by atoms with E-state index >= 15 is 0 Å². The maximum atomic E-state index is 12.7. The summed E-state index contributed by atoms with van der Waals surface area (Å²) in [5, 5.41) is 10.6. The smallest absolute Gasteiger partial charge is 0.303 e. The number of carbonyl (C=O) groups excluding carboxylic acids is 5. The first kappa shape index (κ1) is 30.1. The molecule has 1 N–H and O–H groups in total. The average molecular weight is 559 g/mol. The van der Waals surface area contributed by atoms with E-state index < -0.39 is 61.2 Å². The molecule has 5 atom stereocenters. The Labute approximate surface area is 230 Å². The highest BCUT2D eigenvalue weighted by Crippen LogP contribution is 2.32. The Morgan fingerprint density at radius 1 is 0.775 bits per heavy atom. The molecule has 12 nitrogen and oxygen atoms in total. The van der Waals surface area contributed by atoms with Gasteiger partial charge in [0.25, 0.3) is 0 Å². The molecule has 1 saturated heterocycles. The third-order valence-corrected chi connectivity index (χ3v) is 5.68. The molecular weight excluding hydrogens is 528 g/mol. The minimum absolute atomic E-state index is 0.00895. The molecule has 0 amide bonds. The van der Waals surface area contributed by atoms with Crippen molar-refractivity contribution in [3.8, 4) is 11.5 Å². The van der Waals surface area contributed by atoms with Gasteiger partial charge in [0.15, 0.2) is 18.0 Å². The highest BCUT2D eigenvalue weighted by Gasteiger charge is 2.53. The summed E-state index contributed by atoms with van der Waals surface area (Å²) >= 11 is 0. The van der Waals surface area contributed by atoms with Crippen molar-refractivity contribution >= 4 is 29.7 Å². The number of carbonyl (C=O) groups is 5. The monoisotopic (exact) mass is 558 g/mol. The number of phenolic OH excluding ortho intramolecular Hbond substituents is 1. The number of ether oxygens (including phenoxy) is 6. The van der Waals surface area contributed by atoms with Crippen molar-refractivity contribution in [1.29, 1.82) is 0 Å². The molecule has 0 radical (unpaired) electrons. The van der Waals surface area contributed by atoms with Crippen LogP contribution in [0, 0.1) is 0 Å². The van der Waals surface area contributed by atoms with Crippen molar-refractivity contribution in [2.24, 2.45) is 0 Å². The number of rotatable bonds is 10. The summed E-state index contributed by atoms with van der Waals surface area (Å²) in [4.78, 5) is 60.0. The van der Waals surface area contributed by atoms with Gasteiger partial charge in [-0.1, -0.05) is 30.3 Å². The van der Waals surface area contributed by atoms with Crippen LogP contribution in [0.25, 0.3) is 0 Å². The number of benzene rings is 2. The topological polar surface area (TPSA) is 161 Å². The zero-order chi connectivity index (χ0) is 29.4. The van der Waals surface area contributed by atoms with Crippen LogP contribution in [0.2, 0.25) is 0 Å². The summed E-state index contributed by atoms with van der Waals surface area (Å²) in [6.45, 7) is 4.06. The lowest BCUT2D eigenvalue weighted by molar-refractivity contribution is -0.288. The van der Waals surface area contributed by atoms with E-state index in [0.717, 1.165) is 33.3 Å². The lowest BCUT2D eigenvalue weighted by atomic mass is 9.98. The van der Waals surface area contributed by atoms with E-state index in [4.69, 9.17) is 28.4 Å². The number of ketones is 1. The van der Waals surface area contributed by atoms with Gasteiger partial charge in [-0.15, -0.1) is 0 Å². The molecule has 2 aromatic carbocycles. The minimum Gasteiger partial charge on any atom is -0.507 e. The molecule has 3 unspecified atom stereocenters. The number of aromatic hydroxyl groups is 1. The molecule has 40 heavy (non-hydrogen) atoms. The maximum absolute atomic E-state index is 12.7. The number of phenols is 1. The molecular formula is C28H30O12. The fraction of sp³-hybridized carbons (Fsp3) is 0.393.